The fourth-order valence-electron chi connectivity index (χ4n) is 4.63. The van der Waals surface area contributed by atoms with E-state index in [9.17, 15) is 18.8 Å². The second-order valence-corrected chi connectivity index (χ2v) is 9.54. The van der Waals surface area contributed by atoms with Crippen LogP contribution in [0.5, 0.6) is 0 Å². The molecule has 40 heavy (non-hydrogen) atoms. The maximum atomic E-state index is 13.5. The Morgan fingerprint density at radius 3 is 2.05 bits per heavy atom. The summed E-state index contributed by atoms with van der Waals surface area (Å²) in [5.74, 6) is -0.909. The van der Waals surface area contributed by atoms with E-state index in [0.29, 0.717) is 11.3 Å². The first kappa shape index (κ1) is 26.6. The van der Waals surface area contributed by atoms with Crippen LogP contribution >= 0.6 is 0 Å². The molecule has 1 heterocycles. The van der Waals surface area contributed by atoms with Crippen LogP contribution in [0.2, 0.25) is 0 Å². The van der Waals surface area contributed by atoms with Gasteiger partial charge < -0.3 is 15.4 Å². The topological polar surface area (TPSA) is 87.7 Å². The maximum absolute atomic E-state index is 13.5. The van der Waals surface area contributed by atoms with Gasteiger partial charge in [0.15, 0.2) is 12.1 Å². The Labute approximate surface area is 231 Å². The highest BCUT2D eigenvalue weighted by Gasteiger charge is 2.46. The standard InChI is InChI=1S/C32H28FN3O4/c33-26-15-11-23(12-16-26)20-34-31(38)29-30(40-32(39)36(29)21-24-9-5-2-6-10-24)25-13-17-27(18-14-25)35-28(37)19-22-7-3-1-4-8-22/h1-18,29-30H,19-21H2,(H,34,38)(H,35,37)/t29-,30+/m1/s1. The Bertz CT molecular complexity index is 1460. The first-order valence-corrected chi connectivity index (χ1v) is 12.9. The summed E-state index contributed by atoms with van der Waals surface area (Å²) in [7, 11) is 0. The van der Waals surface area contributed by atoms with Gasteiger partial charge in [0, 0.05) is 12.2 Å². The molecule has 1 aliphatic heterocycles. The molecular weight excluding hydrogens is 509 g/mol. The number of halogens is 1. The fraction of sp³-hybridized carbons (Fsp3) is 0.156. The molecule has 0 saturated carbocycles. The van der Waals surface area contributed by atoms with Crippen LogP contribution in [0.1, 0.15) is 28.4 Å². The summed E-state index contributed by atoms with van der Waals surface area (Å²) in [6.45, 7) is 0.362. The normalized spacial score (nSPS) is 16.3. The van der Waals surface area contributed by atoms with Crippen molar-refractivity contribution in [2.45, 2.75) is 31.7 Å². The zero-order chi connectivity index (χ0) is 27.9. The minimum Gasteiger partial charge on any atom is -0.438 e. The smallest absolute Gasteiger partial charge is 0.411 e. The number of benzene rings is 4. The molecule has 3 amide bonds. The van der Waals surface area contributed by atoms with Crippen molar-refractivity contribution in [1.82, 2.24) is 10.2 Å². The summed E-state index contributed by atoms with van der Waals surface area (Å²) in [6, 6.07) is 30.6. The minimum atomic E-state index is -0.938. The number of hydrogen-bond donors (Lipinski definition) is 2. The SMILES string of the molecule is O=C(Cc1ccccc1)Nc1ccc([C@@H]2OC(=O)N(Cc3ccccc3)[C@H]2C(=O)NCc2ccc(F)cc2)cc1. The van der Waals surface area contributed by atoms with E-state index in [0.717, 1.165) is 16.7 Å². The molecular formula is C32H28FN3O4. The van der Waals surface area contributed by atoms with Gasteiger partial charge in [-0.05, 0) is 46.5 Å². The predicted octanol–water partition coefficient (Wildman–Crippen LogP) is 5.39. The van der Waals surface area contributed by atoms with E-state index in [2.05, 4.69) is 10.6 Å². The van der Waals surface area contributed by atoms with E-state index >= 15 is 0 Å². The lowest BCUT2D eigenvalue weighted by Crippen LogP contribution is -2.46. The van der Waals surface area contributed by atoms with E-state index in [1.54, 1.807) is 36.4 Å². The lowest BCUT2D eigenvalue weighted by molar-refractivity contribution is -0.126. The van der Waals surface area contributed by atoms with Gasteiger partial charge in [0.05, 0.1) is 13.0 Å². The third kappa shape index (κ3) is 6.53. The van der Waals surface area contributed by atoms with Gasteiger partial charge in [0.1, 0.15) is 5.82 Å². The molecule has 8 heteroatoms. The van der Waals surface area contributed by atoms with Crippen molar-refractivity contribution in [3.05, 3.63) is 137 Å². The molecule has 0 aliphatic carbocycles. The molecule has 2 N–H and O–H groups in total. The first-order valence-electron chi connectivity index (χ1n) is 12.9. The minimum absolute atomic E-state index is 0.154. The lowest BCUT2D eigenvalue weighted by Gasteiger charge is -2.24. The Balaban J connectivity index is 1.32. The van der Waals surface area contributed by atoms with Crippen molar-refractivity contribution in [3.8, 4) is 0 Å². The monoisotopic (exact) mass is 537 g/mol. The molecule has 0 spiro atoms. The average Bonchev–Trinajstić information content (AvgIpc) is 3.29. The Morgan fingerprint density at radius 2 is 1.40 bits per heavy atom. The van der Waals surface area contributed by atoms with E-state index in [1.165, 1.54) is 17.0 Å². The highest BCUT2D eigenvalue weighted by Crippen LogP contribution is 2.34. The van der Waals surface area contributed by atoms with Crippen LogP contribution in [-0.2, 0) is 33.8 Å². The van der Waals surface area contributed by atoms with Crippen LogP contribution in [0, 0.1) is 5.82 Å². The summed E-state index contributed by atoms with van der Waals surface area (Å²) in [4.78, 5) is 40.4. The van der Waals surface area contributed by atoms with Crippen LogP contribution in [0.4, 0.5) is 14.9 Å². The zero-order valence-corrected chi connectivity index (χ0v) is 21.6. The van der Waals surface area contributed by atoms with Gasteiger partial charge >= 0.3 is 6.09 Å². The third-order valence-corrected chi connectivity index (χ3v) is 6.66. The van der Waals surface area contributed by atoms with Crippen LogP contribution < -0.4 is 10.6 Å². The van der Waals surface area contributed by atoms with Gasteiger partial charge in [-0.25, -0.2) is 9.18 Å². The number of hydrogen-bond acceptors (Lipinski definition) is 4. The number of anilines is 1. The fourth-order valence-corrected chi connectivity index (χ4v) is 4.63. The summed E-state index contributed by atoms with van der Waals surface area (Å²) in [5, 5.41) is 5.74. The van der Waals surface area contributed by atoms with Gasteiger partial charge in [-0.3, -0.25) is 14.5 Å². The molecule has 5 rings (SSSR count). The Kier molecular flexibility index (Phi) is 8.15. The van der Waals surface area contributed by atoms with Crippen LogP contribution in [0.3, 0.4) is 0 Å². The number of carbonyl (C=O) groups excluding carboxylic acids is 3. The average molecular weight is 538 g/mol. The molecule has 4 aromatic carbocycles. The van der Waals surface area contributed by atoms with Gasteiger partial charge in [0.2, 0.25) is 11.8 Å². The molecule has 2 atom stereocenters. The van der Waals surface area contributed by atoms with Crippen LogP contribution in [0.25, 0.3) is 0 Å². The van der Waals surface area contributed by atoms with E-state index < -0.39 is 24.1 Å². The molecule has 1 fully saturated rings. The molecule has 0 unspecified atom stereocenters. The van der Waals surface area contributed by atoms with E-state index in [4.69, 9.17) is 4.74 Å². The molecule has 4 aromatic rings. The first-order chi connectivity index (χ1) is 19.5. The van der Waals surface area contributed by atoms with Gasteiger partial charge in [0.25, 0.3) is 0 Å². The van der Waals surface area contributed by atoms with E-state index in [1.807, 2.05) is 60.7 Å². The molecule has 1 saturated heterocycles. The van der Waals surface area contributed by atoms with Gasteiger partial charge in [-0.15, -0.1) is 0 Å². The molecule has 202 valence electrons. The molecule has 0 radical (unpaired) electrons. The lowest BCUT2D eigenvalue weighted by atomic mass is 10.00. The molecule has 0 aromatic heterocycles. The highest BCUT2D eigenvalue weighted by atomic mass is 19.1. The number of ether oxygens (including phenoxy) is 1. The van der Waals surface area contributed by atoms with Crippen molar-refractivity contribution in [2.75, 3.05) is 5.32 Å². The van der Waals surface area contributed by atoms with E-state index in [-0.39, 0.29) is 31.2 Å². The molecule has 7 nitrogen and oxygen atoms in total. The predicted molar refractivity (Wildman–Crippen MR) is 148 cm³/mol. The van der Waals surface area contributed by atoms with Crippen LogP contribution in [-0.4, -0.2) is 28.8 Å². The van der Waals surface area contributed by atoms with Crippen molar-refractivity contribution >= 4 is 23.6 Å². The maximum Gasteiger partial charge on any atom is 0.411 e. The Hall–Kier alpha value is -4.98. The Morgan fingerprint density at radius 1 is 0.775 bits per heavy atom. The number of carbonyl (C=O) groups is 3. The second kappa shape index (κ2) is 12.3. The molecule has 0 bridgehead atoms. The summed E-state index contributed by atoms with van der Waals surface area (Å²) < 4.78 is 19.0. The van der Waals surface area contributed by atoms with Crippen LogP contribution in [0.15, 0.2) is 109 Å². The van der Waals surface area contributed by atoms with Crippen molar-refractivity contribution in [1.29, 1.82) is 0 Å². The number of cyclic esters (lactones) is 1. The highest BCUT2D eigenvalue weighted by molar-refractivity contribution is 5.92. The summed E-state index contributed by atoms with van der Waals surface area (Å²) in [6.07, 6.45) is -1.22. The molecule has 1 aliphatic rings. The quantitative estimate of drug-likeness (QED) is 0.300. The van der Waals surface area contributed by atoms with Crippen molar-refractivity contribution in [3.63, 3.8) is 0 Å². The van der Waals surface area contributed by atoms with Crippen molar-refractivity contribution in [2.24, 2.45) is 0 Å². The zero-order valence-electron chi connectivity index (χ0n) is 21.6. The number of rotatable bonds is 9. The van der Waals surface area contributed by atoms with Crippen molar-refractivity contribution < 1.29 is 23.5 Å². The van der Waals surface area contributed by atoms with Gasteiger partial charge in [-0.2, -0.15) is 0 Å². The summed E-state index contributed by atoms with van der Waals surface area (Å²) in [5.41, 5.74) is 3.69. The summed E-state index contributed by atoms with van der Waals surface area (Å²) >= 11 is 0. The second-order valence-electron chi connectivity index (χ2n) is 9.54. The number of nitrogens with one attached hydrogen (secondary N) is 2. The third-order valence-electron chi connectivity index (χ3n) is 6.66. The number of amides is 3. The number of nitrogens with zero attached hydrogens (tertiary/aromatic N) is 1. The van der Waals surface area contributed by atoms with Gasteiger partial charge in [-0.1, -0.05) is 84.9 Å². The largest absolute Gasteiger partial charge is 0.438 e.